The average molecular weight is 313 g/mol. The summed E-state index contributed by atoms with van der Waals surface area (Å²) in [5.74, 6) is -1.29. The van der Waals surface area contributed by atoms with Crippen LogP contribution in [0, 0.1) is 5.92 Å². The van der Waals surface area contributed by atoms with Crippen molar-refractivity contribution in [3.8, 4) is 0 Å². The van der Waals surface area contributed by atoms with Gasteiger partial charge in [0, 0.05) is 5.92 Å². The Bertz CT molecular complexity index is 518. The SMILES string of the molecule is CC1=C(C(=O)O)C=C(Cl)C2OC(C)(C3CCCCC3)OC12. The summed E-state index contributed by atoms with van der Waals surface area (Å²) in [6.45, 7) is 3.76. The molecule has 5 heteroatoms. The van der Waals surface area contributed by atoms with E-state index in [0.717, 1.165) is 12.8 Å². The molecule has 3 rings (SSSR count). The van der Waals surface area contributed by atoms with Crippen molar-refractivity contribution in [3.05, 3.63) is 22.3 Å². The van der Waals surface area contributed by atoms with Crippen LogP contribution in [0.25, 0.3) is 0 Å². The molecule has 3 atom stereocenters. The number of carboxylic acids is 1. The molecular formula is C16H21ClO4. The fraction of sp³-hybridized carbons (Fsp3) is 0.688. The second-order valence-corrected chi connectivity index (χ2v) is 6.80. The van der Waals surface area contributed by atoms with Crippen LogP contribution in [0.5, 0.6) is 0 Å². The van der Waals surface area contributed by atoms with Crippen LogP contribution >= 0.6 is 11.6 Å². The molecule has 4 nitrogen and oxygen atoms in total. The molecule has 1 N–H and O–H groups in total. The van der Waals surface area contributed by atoms with Gasteiger partial charge in [-0.05, 0) is 38.3 Å². The Kier molecular flexibility index (Phi) is 3.89. The van der Waals surface area contributed by atoms with Crippen molar-refractivity contribution in [1.82, 2.24) is 0 Å². The Morgan fingerprint density at radius 3 is 2.52 bits per heavy atom. The summed E-state index contributed by atoms with van der Waals surface area (Å²) in [5, 5.41) is 9.69. The van der Waals surface area contributed by atoms with Gasteiger partial charge in [0.05, 0.1) is 10.6 Å². The minimum Gasteiger partial charge on any atom is -0.478 e. The van der Waals surface area contributed by atoms with E-state index >= 15 is 0 Å². The second kappa shape index (κ2) is 5.41. The topological polar surface area (TPSA) is 55.8 Å². The maximum atomic E-state index is 11.3. The minimum atomic E-state index is -0.973. The molecule has 3 unspecified atom stereocenters. The van der Waals surface area contributed by atoms with Crippen molar-refractivity contribution in [1.29, 1.82) is 0 Å². The molecule has 1 heterocycles. The number of aliphatic carboxylic acids is 1. The molecule has 0 radical (unpaired) electrons. The molecule has 1 aliphatic heterocycles. The van der Waals surface area contributed by atoms with Crippen LogP contribution in [0.2, 0.25) is 0 Å². The van der Waals surface area contributed by atoms with Gasteiger partial charge in [-0.15, -0.1) is 0 Å². The summed E-state index contributed by atoms with van der Waals surface area (Å²) < 4.78 is 12.3. The summed E-state index contributed by atoms with van der Waals surface area (Å²) in [7, 11) is 0. The third-order valence-corrected chi connectivity index (χ3v) is 5.30. The van der Waals surface area contributed by atoms with Crippen molar-refractivity contribution in [2.75, 3.05) is 0 Å². The molecule has 2 aliphatic carbocycles. The molecule has 1 saturated heterocycles. The van der Waals surface area contributed by atoms with E-state index in [0.29, 0.717) is 16.5 Å². The largest absolute Gasteiger partial charge is 0.478 e. The normalized spacial score (nSPS) is 37.4. The molecule has 2 fully saturated rings. The monoisotopic (exact) mass is 312 g/mol. The zero-order valence-electron chi connectivity index (χ0n) is 12.4. The molecule has 0 aromatic rings. The van der Waals surface area contributed by atoms with E-state index in [4.69, 9.17) is 21.1 Å². The van der Waals surface area contributed by atoms with Crippen LogP contribution in [0.3, 0.4) is 0 Å². The fourth-order valence-electron chi connectivity index (χ4n) is 3.71. The van der Waals surface area contributed by atoms with Crippen LogP contribution in [0.15, 0.2) is 22.3 Å². The van der Waals surface area contributed by atoms with E-state index in [-0.39, 0.29) is 17.8 Å². The number of carboxylic acid groups (broad SMARTS) is 1. The van der Waals surface area contributed by atoms with Gasteiger partial charge in [0.25, 0.3) is 0 Å². The Morgan fingerprint density at radius 1 is 1.29 bits per heavy atom. The highest BCUT2D eigenvalue weighted by atomic mass is 35.5. The lowest BCUT2D eigenvalue weighted by Gasteiger charge is -2.35. The lowest BCUT2D eigenvalue weighted by atomic mass is 9.84. The number of hydrogen-bond acceptors (Lipinski definition) is 3. The first kappa shape index (κ1) is 15.1. The van der Waals surface area contributed by atoms with Gasteiger partial charge < -0.3 is 14.6 Å². The van der Waals surface area contributed by atoms with Crippen molar-refractivity contribution in [2.24, 2.45) is 5.92 Å². The first-order valence-electron chi connectivity index (χ1n) is 7.59. The molecule has 1 saturated carbocycles. The van der Waals surface area contributed by atoms with Crippen LogP contribution in [-0.4, -0.2) is 29.1 Å². The maximum absolute atomic E-state index is 11.3. The molecule has 0 amide bonds. The van der Waals surface area contributed by atoms with Crippen LogP contribution in [0.1, 0.15) is 46.0 Å². The molecule has 21 heavy (non-hydrogen) atoms. The van der Waals surface area contributed by atoms with E-state index in [1.807, 2.05) is 6.92 Å². The molecular weight excluding hydrogens is 292 g/mol. The first-order valence-corrected chi connectivity index (χ1v) is 7.97. The lowest BCUT2D eigenvalue weighted by Crippen LogP contribution is -2.38. The molecule has 0 spiro atoms. The molecule has 3 aliphatic rings. The van der Waals surface area contributed by atoms with Gasteiger partial charge in [-0.3, -0.25) is 0 Å². The number of carbonyl (C=O) groups is 1. The zero-order chi connectivity index (χ0) is 15.2. The van der Waals surface area contributed by atoms with E-state index < -0.39 is 11.8 Å². The van der Waals surface area contributed by atoms with Gasteiger partial charge in [0.15, 0.2) is 5.79 Å². The number of halogens is 1. The summed E-state index contributed by atoms with van der Waals surface area (Å²) >= 11 is 6.25. The number of rotatable bonds is 2. The number of fused-ring (bicyclic) bond motifs is 1. The standard InChI is InChI=1S/C16H21ClO4/c1-9-11(15(18)19)8-12(17)14-13(9)20-16(2,21-14)10-6-4-3-5-7-10/h8,10,13-14H,3-7H2,1-2H3,(H,18,19). The van der Waals surface area contributed by atoms with Gasteiger partial charge >= 0.3 is 5.97 Å². The van der Waals surface area contributed by atoms with Crippen molar-refractivity contribution >= 4 is 17.6 Å². The van der Waals surface area contributed by atoms with Crippen LogP contribution in [0.4, 0.5) is 0 Å². The smallest absolute Gasteiger partial charge is 0.335 e. The summed E-state index contributed by atoms with van der Waals surface area (Å²) in [4.78, 5) is 11.3. The van der Waals surface area contributed by atoms with E-state index in [1.54, 1.807) is 6.92 Å². The summed E-state index contributed by atoms with van der Waals surface area (Å²) in [5.41, 5.74) is 0.911. The average Bonchev–Trinajstić information content (AvgIpc) is 2.84. The maximum Gasteiger partial charge on any atom is 0.335 e. The van der Waals surface area contributed by atoms with E-state index in [1.165, 1.54) is 25.3 Å². The van der Waals surface area contributed by atoms with Gasteiger partial charge in [-0.1, -0.05) is 30.9 Å². The highest BCUT2D eigenvalue weighted by Crippen LogP contribution is 2.47. The van der Waals surface area contributed by atoms with Gasteiger partial charge in [0.2, 0.25) is 0 Å². The van der Waals surface area contributed by atoms with Crippen LogP contribution < -0.4 is 0 Å². The second-order valence-electron chi connectivity index (χ2n) is 6.36. The highest BCUT2D eigenvalue weighted by molar-refractivity contribution is 6.31. The molecule has 0 aromatic carbocycles. The predicted octanol–water partition coefficient (Wildman–Crippen LogP) is 3.60. The van der Waals surface area contributed by atoms with Crippen molar-refractivity contribution < 1.29 is 19.4 Å². The Labute approximate surface area is 129 Å². The number of ether oxygens (including phenoxy) is 2. The Balaban J connectivity index is 1.88. The highest BCUT2D eigenvalue weighted by Gasteiger charge is 2.52. The van der Waals surface area contributed by atoms with Crippen LogP contribution in [-0.2, 0) is 14.3 Å². The van der Waals surface area contributed by atoms with Gasteiger partial charge in [-0.2, -0.15) is 0 Å². The summed E-state index contributed by atoms with van der Waals surface area (Å²) in [6.07, 6.45) is 6.57. The third kappa shape index (κ3) is 2.54. The lowest BCUT2D eigenvalue weighted by molar-refractivity contribution is -0.199. The minimum absolute atomic E-state index is 0.220. The molecule has 116 valence electrons. The first-order chi connectivity index (χ1) is 9.92. The van der Waals surface area contributed by atoms with Gasteiger partial charge in [-0.25, -0.2) is 4.79 Å². The quantitative estimate of drug-likeness (QED) is 0.846. The third-order valence-electron chi connectivity index (χ3n) is 4.98. The van der Waals surface area contributed by atoms with Gasteiger partial charge in [0.1, 0.15) is 12.2 Å². The number of hydrogen-bond donors (Lipinski definition) is 1. The molecule has 0 aromatic heterocycles. The Morgan fingerprint density at radius 2 is 1.90 bits per heavy atom. The zero-order valence-corrected chi connectivity index (χ0v) is 13.2. The van der Waals surface area contributed by atoms with Crippen molar-refractivity contribution in [2.45, 2.75) is 63.9 Å². The van der Waals surface area contributed by atoms with Crippen molar-refractivity contribution in [3.63, 3.8) is 0 Å². The predicted molar refractivity (Wildman–Crippen MR) is 79.0 cm³/mol. The van der Waals surface area contributed by atoms with E-state index in [2.05, 4.69) is 0 Å². The Hall–Kier alpha value is -0.840. The molecule has 0 bridgehead atoms. The fourth-order valence-corrected chi connectivity index (χ4v) is 3.98. The summed E-state index contributed by atoms with van der Waals surface area (Å²) in [6, 6.07) is 0. The van der Waals surface area contributed by atoms with E-state index in [9.17, 15) is 9.90 Å².